The Bertz CT molecular complexity index is 1620. The van der Waals surface area contributed by atoms with Crippen LogP contribution in [-0.2, 0) is 105 Å². The van der Waals surface area contributed by atoms with Gasteiger partial charge in [0.2, 0.25) is 0 Å². The Labute approximate surface area is 372 Å². The molecule has 22 heteroatoms. The van der Waals surface area contributed by atoms with Crippen molar-refractivity contribution >= 4 is 65.7 Å². The van der Waals surface area contributed by atoms with Crippen LogP contribution < -0.4 is 0 Å². The minimum Gasteiger partial charge on any atom is -0.462 e. The summed E-state index contributed by atoms with van der Waals surface area (Å²) in [6.45, 7) is 14.2. The fourth-order valence-electron chi connectivity index (χ4n) is 6.83. The predicted molar refractivity (Wildman–Crippen MR) is 215 cm³/mol. The van der Waals surface area contributed by atoms with E-state index in [9.17, 15) is 52.7 Å². The molecule has 64 heavy (non-hydrogen) atoms. The minimum absolute atomic E-state index is 0.224. The van der Waals surface area contributed by atoms with E-state index in [2.05, 4.69) is 0 Å². The quantitative estimate of drug-likeness (QED) is 0.0805. The second kappa shape index (κ2) is 29.5. The van der Waals surface area contributed by atoms with Crippen molar-refractivity contribution in [2.24, 2.45) is 11.8 Å². The van der Waals surface area contributed by atoms with Crippen LogP contribution in [0.3, 0.4) is 0 Å². The highest BCUT2D eigenvalue weighted by molar-refractivity contribution is 5.70. The minimum atomic E-state index is -1.37. The van der Waals surface area contributed by atoms with Crippen molar-refractivity contribution < 1.29 is 105 Å². The van der Waals surface area contributed by atoms with Crippen molar-refractivity contribution in [3.63, 3.8) is 0 Å². The summed E-state index contributed by atoms with van der Waals surface area (Å²) in [6.07, 6.45) is -12.8. The van der Waals surface area contributed by atoms with Gasteiger partial charge in [0, 0.05) is 120 Å². The molecule has 0 radical (unpaired) electrons. The van der Waals surface area contributed by atoms with Crippen molar-refractivity contribution in [2.75, 3.05) is 13.2 Å². The summed E-state index contributed by atoms with van der Waals surface area (Å²) < 4.78 is 59.9. The van der Waals surface area contributed by atoms with E-state index >= 15 is 0 Å². The van der Waals surface area contributed by atoms with Crippen LogP contribution in [0.1, 0.15) is 122 Å². The SMILES string of the molecule is CC(=O)OCC(CC(CC(OC(C)=O)C(C)C(OC(C)=O)C(C)C(CC(CC(CC(OC(C)=O)C(COC(C)=O)OC(C)=O)OC(C)=O)OC(C)=O)OC(C)=O)OC(C)=O)OC(C)=O. The van der Waals surface area contributed by atoms with Crippen LogP contribution in [0, 0.1) is 11.8 Å². The van der Waals surface area contributed by atoms with E-state index in [4.69, 9.17) is 52.1 Å². The molecule has 22 nitrogen and oxygen atoms in total. The zero-order valence-corrected chi connectivity index (χ0v) is 38.8. The Morgan fingerprint density at radius 2 is 0.547 bits per heavy atom. The lowest BCUT2D eigenvalue weighted by molar-refractivity contribution is -0.178. The summed E-state index contributed by atoms with van der Waals surface area (Å²) in [5.41, 5.74) is 0. The fourth-order valence-corrected chi connectivity index (χ4v) is 6.83. The molecule has 0 aromatic heterocycles. The summed E-state index contributed by atoms with van der Waals surface area (Å²) >= 11 is 0. The van der Waals surface area contributed by atoms with Crippen LogP contribution in [0.4, 0.5) is 0 Å². The zero-order valence-electron chi connectivity index (χ0n) is 38.8. The number of rotatable bonds is 28. The Morgan fingerprint density at radius 3 is 0.875 bits per heavy atom. The predicted octanol–water partition coefficient (Wildman–Crippen LogP) is 2.72. The molecular weight excluding hydrogens is 856 g/mol. The van der Waals surface area contributed by atoms with Crippen LogP contribution in [0.25, 0.3) is 0 Å². The molecule has 364 valence electrons. The topological polar surface area (TPSA) is 289 Å². The Morgan fingerprint density at radius 1 is 0.281 bits per heavy atom. The van der Waals surface area contributed by atoms with E-state index in [1.54, 1.807) is 6.92 Å². The van der Waals surface area contributed by atoms with Gasteiger partial charge in [0.15, 0.2) is 6.10 Å². The van der Waals surface area contributed by atoms with Crippen molar-refractivity contribution in [2.45, 2.75) is 177 Å². The summed E-state index contributed by atoms with van der Waals surface area (Å²) in [6, 6.07) is 0. The standard InChI is InChI=1S/C42H64O22/c1-21(42(64-33(13)53)22(2)39(61-30(10)50)17-36(58-27(7)47)15-37(59-28(8)48)19-54-23(3)43)38(60-29(9)49)16-34(56-25(5)45)14-35(57-26(6)46)18-40(62-31(11)51)41(63-32(12)52)20-55-24(4)44/h21-22,34-42H,14-20H2,1-13H3. The molecule has 0 aromatic rings. The van der Waals surface area contributed by atoms with E-state index in [0.29, 0.717) is 0 Å². The first-order valence-corrected chi connectivity index (χ1v) is 20.4. The van der Waals surface area contributed by atoms with Gasteiger partial charge in [0.25, 0.3) is 0 Å². The average molecular weight is 921 g/mol. The van der Waals surface area contributed by atoms with Crippen LogP contribution >= 0.6 is 0 Å². The van der Waals surface area contributed by atoms with Crippen LogP contribution in [0.2, 0.25) is 0 Å². The lowest BCUT2D eigenvalue weighted by atomic mass is 9.81. The maximum atomic E-state index is 12.7. The highest BCUT2D eigenvalue weighted by Gasteiger charge is 2.42. The summed E-state index contributed by atoms with van der Waals surface area (Å²) in [5.74, 6) is -10.6. The monoisotopic (exact) mass is 920 g/mol. The van der Waals surface area contributed by atoms with Crippen molar-refractivity contribution in [1.29, 1.82) is 0 Å². The molecule has 0 N–H and O–H groups in total. The number of carbonyl (C=O) groups is 11. The summed E-state index contributed by atoms with van der Waals surface area (Å²) in [5, 5.41) is 0. The van der Waals surface area contributed by atoms with Crippen molar-refractivity contribution in [1.82, 2.24) is 0 Å². The third-order valence-electron chi connectivity index (χ3n) is 8.99. The largest absolute Gasteiger partial charge is 0.462 e. The van der Waals surface area contributed by atoms with Gasteiger partial charge in [-0.1, -0.05) is 13.8 Å². The number of carbonyl (C=O) groups excluding carboxylic acids is 11. The molecule has 0 aliphatic heterocycles. The highest BCUT2D eigenvalue weighted by Crippen LogP contribution is 2.33. The smallest absolute Gasteiger partial charge is 0.303 e. The van der Waals surface area contributed by atoms with Crippen molar-refractivity contribution in [3.8, 4) is 0 Å². The molecule has 11 atom stereocenters. The van der Waals surface area contributed by atoms with Crippen LogP contribution in [0.5, 0.6) is 0 Å². The van der Waals surface area contributed by atoms with Gasteiger partial charge in [-0.2, -0.15) is 0 Å². The molecular formula is C42H64O22. The van der Waals surface area contributed by atoms with E-state index in [-0.39, 0.29) is 32.1 Å². The maximum absolute atomic E-state index is 12.7. The molecule has 0 saturated carbocycles. The molecule has 0 fully saturated rings. The number of hydrogen-bond donors (Lipinski definition) is 0. The average Bonchev–Trinajstić information content (AvgIpc) is 3.11. The molecule has 0 bridgehead atoms. The summed E-state index contributed by atoms with van der Waals surface area (Å²) in [7, 11) is 0. The lowest BCUT2D eigenvalue weighted by Crippen LogP contribution is -2.47. The van der Waals surface area contributed by atoms with Gasteiger partial charge in [0.1, 0.15) is 62.0 Å². The number of ether oxygens (including phenoxy) is 11. The molecule has 0 aliphatic carbocycles. The molecule has 0 heterocycles. The van der Waals surface area contributed by atoms with Crippen LogP contribution in [0.15, 0.2) is 0 Å². The molecule has 0 amide bonds. The number of hydrogen-bond acceptors (Lipinski definition) is 22. The van der Waals surface area contributed by atoms with Gasteiger partial charge in [-0.05, 0) is 0 Å². The normalized spacial score (nSPS) is 16.0. The first-order valence-electron chi connectivity index (χ1n) is 20.4. The van der Waals surface area contributed by atoms with E-state index in [1.807, 2.05) is 0 Å². The van der Waals surface area contributed by atoms with Gasteiger partial charge >= 0.3 is 65.7 Å². The Balaban J connectivity index is 7.21. The molecule has 0 aliphatic rings. The lowest BCUT2D eigenvalue weighted by Gasteiger charge is -2.38. The first-order chi connectivity index (χ1) is 29.6. The van der Waals surface area contributed by atoms with Gasteiger partial charge in [-0.3, -0.25) is 52.7 Å². The second-order valence-electron chi connectivity index (χ2n) is 15.1. The molecule has 11 unspecified atom stereocenters. The molecule has 0 rings (SSSR count). The second-order valence-corrected chi connectivity index (χ2v) is 15.1. The zero-order chi connectivity index (χ0) is 49.4. The molecule has 0 saturated heterocycles. The molecule has 0 aromatic carbocycles. The fraction of sp³-hybridized carbons (Fsp3) is 0.738. The van der Waals surface area contributed by atoms with E-state index in [1.165, 1.54) is 6.92 Å². The third-order valence-corrected chi connectivity index (χ3v) is 8.99. The van der Waals surface area contributed by atoms with Gasteiger partial charge < -0.3 is 52.1 Å². The Kier molecular flexibility index (Phi) is 26.8. The first kappa shape index (κ1) is 58.2. The maximum Gasteiger partial charge on any atom is 0.303 e. The van der Waals surface area contributed by atoms with E-state index in [0.717, 1.165) is 76.2 Å². The molecule has 0 spiro atoms. The highest BCUT2D eigenvalue weighted by atomic mass is 16.6. The third kappa shape index (κ3) is 26.6. The van der Waals surface area contributed by atoms with Crippen LogP contribution in [-0.4, -0.2) is 134 Å². The van der Waals surface area contributed by atoms with Gasteiger partial charge in [0.05, 0.1) is 0 Å². The Hall–Kier alpha value is -5.83. The number of esters is 11. The van der Waals surface area contributed by atoms with Gasteiger partial charge in [-0.15, -0.1) is 0 Å². The van der Waals surface area contributed by atoms with E-state index < -0.39 is 146 Å². The van der Waals surface area contributed by atoms with Crippen molar-refractivity contribution in [3.05, 3.63) is 0 Å². The van der Waals surface area contributed by atoms with Gasteiger partial charge in [-0.25, -0.2) is 0 Å². The summed E-state index contributed by atoms with van der Waals surface area (Å²) in [4.78, 5) is 134.